The van der Waals surface area contributed by atoms with E-state index in [1.54, 1.807) is 0 Å². The van der Waals surface area contributed by atoms with Crippen LogP contribution in [-0.4, -0.2) is 22.3 Å². The van der Waals surface area contributed by atoms with Crippen molar-refractivity contribution in [3.63, 3.8) is 0 Å². The molecule has 0 aliphatic heterocycles. The molecule has 1 aromatic heterocycles. The predicted octanol–water partition coefficient (Wildman–Crippen LogP) is 3.50. The summed E-state index contributed by atoms with van der Waals surface area (Å²) in [5.41, 5.74) is 6.66. The van der Waals surface area contributed by atoms with Crippen LogP contribution in [0.25, 0.3) is 11.5 Å². The summed E-state index contributed by atoms with van der Waals surface area (Å²) in [6.45, 7) is 2.09. The minimum absolute atomic E-state index is 0. The molecule has 1 aliphatic carbocycles. The van der Waals surface area contributed by atoms with Crippen LogP contribution in [0, 0.1) is 5.92 Å². The third-order valence-corrected chi connectivity index (χ3v) is 5.06. The number of H-pyrrole nitrogens is 1. The molecule has 6 nitrogen and oxygen atoms in total. The molecule has 0 spiro atoms. The Hall–Kier alpha value is -1.31. The summed E-state index contributed by atoms with van der Waals surface area (Å²) in [5.74, 6) is 0.908. The fraction of sp³-hybridized carbons (Fsp3) is 0.500. The maximum absolute atomic E-state index is 11.1. The van der Waals surface area contributed by atoms with Gasteiger partial charge in [-0.1, -0.05) is 0 Å². The van der Waals surface area contributed by atoms with Crippen LogP contribution < -0.4 is 16.2 Å². The number of nitrogens with zero attached hydrogens (tertiary/aromatic N) is 1. The lowest BCUT2D eigenvalue weighted by Crippen LogP contribution is -2.33. The molecule has 0 bridgehead atoms. The smallest absolute Gasteiger partial charge is 0.434 e. The maximum Gasteiger partial charge on any atom is 0.434 e. The van der Waals surface area contributed by atoms with Gasteiger partial charge in [0, 0.05) is 11.6 Å². The first-order valence-electron chi connectivity index (χ1n) is 7.80. The molecule has 1 atom stereocenters. The van der Waals surface area contributed by atoms with Gasteiger partial charge in [-0.15, -0.1) is 17.5 Å². The monoisotopic (exact) mass is 417 g/mol. The van der Waals surface area contributed by atoms with Gasteiger partial charge in [0.1, 0.15) is 5.75 Å². The molecule has 1 fully saturated rings. The average molecular weight is 419 g/mol. The highest BCUT2D eigenvalue weighted by atomic mass is 79.9. The van der Waals surface area contributed by atoms with Crippen molar-refractivity contribution >= 4 is 28.3 Å². The lowest BCUT2D eigenvalue weighted by molar-refractivity contribution is 0.118. The second-order valence-corrected chi connectivity index (χ2v) is 6.92. The van der Waals surface area contributed by atoms with E-state index in [0.717, 1.165) is 35.9 Å². The minimum atomic E-state index is -0.572. The number of nitrogens with one attached hydrogen (secondary N) is 1. The zero-order valence-corrected chi connectivity index (χ0v) is 15.7. The lowest BCUT2D eigenvalue weighted by atomic mass is 9.83. The molecule has 132 valence electrons. The molecule has 3 rings (SSSR count). The van der Waals surface area contributed by atoms with Gasteiger partial charge >= 0.3 is 5.76 Å². The van der Waals surface area contributed by atoms with Crippen molar-refractivity contribution in [2.75, 3.05) is 0 Å². The van der Waals surface area contributed by atoms with Gasteiger partial charge in [0.05, 0.1) is 10.6 Å². The molecule has 1 aromatic carbocycles. The van der Waals surface area contributed by atoms with Crippen molar-refractivity contribution in [3.05, 3.63) is 33.2 Å². The van der Waals surface area contributed by atoms with Crippen LogP contribution in [0.2, 0.25) is 0 Å². The summed E-state index contributed by atoms with van der Waals surface area (Å²) >= 11 is 3.50. The highest BCUT2D eigenvalue weighted by Crippen LogP contribution is 2.34. The Labute approximate surface area is 154 Å². The Kier molecular flexibility index (Phi) is 6.48. The van der Waals surface area contributed by atoms with E-state index >= 15 is 0 Å². The fourth-order valence-electron chi connectivity index (χ4n) is 2.99. The fourth-order valence-corrected chi connectivity index (χ4v) is 3.33. The molecule has 2 aromatic rings. The minimum Gasteiger partial charge on any atom is -0.489 e. The summed E-state index contributed by atoms with van der Waals surface area (Å²) in [6, 6.07) is 5.84. The maximum atomic E-state index is 11.1. The molecule has 8 heteroatoms. The number of nitrogens with two attached hydrogens (primary N) is 1. The van der Waals surface area contributed by atoms with E-state index in [0.29, 0.717) is 17.5 Å². The van der Waals surface area contributed by atoms with E-state index in [1.807, 2.05) is 18.2 Å². The number of hydrogen-bond donors (Lipinski definition) is 2. The Morgan fingerprint density at radius 2 is 2.08 bits per heavy atom. The van der Waals surface area contributed by atoms with Crippen molar-refractivity contribution in [3.8, 4) is 17.2 Å². The van der Waals surface area contributed by atoms with Gasteiger partial charge in [0.15, 0.2) is 0 Å². The number of benzene rings is 1. The molecule has 0 radical (unpaired) electrons. The zero-order valence-electron chi connectivity index (χ0n) is 13.3. The van der Waals surface area contributed by atoms with Gasteiger partial charge < -0.3 is 14.9 Å². The highest BCUT2D eigenvalue weighted by molar-refractivity contribution is 9.10. The first kappa shape index (κ1) is 19.0. The molecule has 1 saturated carbocycles. The second-order valence-electron chi connectivity index (χ2n) is 6.06. The van der Waals surface area contributed by atoms with Crippen molar-refractivity contribution in [2.24, 2.45) is 11.7 Å². The Morgan fingerprint density at radius 3 is 2.71 bits per heavy atom. The number of aromatic nitrogens is 2. The largest absolute Gasteiger partial charge is 0.489 e. The van der Waals surface area contributed by atoms with Gasteiger partial charge in [-0.2, -0.15) is 0 Å². The van der Waals surface area contributed by atoms with Crippen LogP contribution in [0.5, 0.6) is 5.75 Å². The van der Waals surface area contributed by atoms with Crippen LogP contribution in [0.1, 0.15) is 32.6 Å². The summed E-state index contributed by atoms with van der Waals surface area (Å²) in [4.78, 5) is 11.1. The number of halogens is 2. The first-order valence-corrected chi connectivity index (χ1v) is 8.60. The number of aromatic amines is 1. The predicted molar refractivity (Wildman–Crippen MR) is 97.5 cm³/mol. The highest BCUT2D eigenvalue weighted by Gasteiger charge is 2.25. The molecular formula is C16H21BrClN3O3. The molecule has 3 N–H and O–H groups in total. The van der Waals surface area contributed by atoms with Gasteiger partial charge in [0.25, 0.3) is 0 Å². The van der Waals surface area contributed by atoms with E-state index in [1.165, 1.54) is 0 Å². The van der Waals surface area contributed by atoms with Crippen LogP contribution in [-0.2, 0) is 0 Å². The zero-order chi connectivity index (χ0) is 16.4. The molecule has 0 amide bonds. The van der Waals surface area contributed by atoms with E-state index in [2.05, 4.69) is 33.1 Å². The quantitative estimate of drug-likeness (QED) is 0.792. The number of ether oxygens (including phenoxy) is 1. The normalized spacial score (nSPS) is 21.8. The van der Waals surface area contributed by atoms with Gasteiger partial charge in [-0.3, -0.25) is 0 Å². The van der Waals surface area contributed by atoms with Gasteiger partial charge in [0.2, 0.25) is 5.89 Å². The van der Waals surface area contributed by atoms with E-state index in [9.17, 15) is 4.79 Å². The number of hydrogen-bond acceptors (Lipinski definition) is 5. The molecule has 1 unspecified atom stereocenters. The summed E-state index contributed by atoms with van der Waals surface area (Å²) < 4.78 is 12.0. The van der Waals surface area contributed by atoms with Crippen molar-refractivity contribution in [1.29, 1.82) is 0 Å². The van der Waals surface area contributed by atoms with Crippen LogP contribution in [0.3, 0.4) is 0 Å². The van der Waals surface area contributed by atoms with E-state index < -0.39 is 5.76 Å². The van der Waals surface area contributed by atoms with Crippen LogP contribution in [0.4, 0.5) is 0 Å². The van der Waals surface area contributed by atoms with Crippen LogP contribution >= 0.6 is 28.3 Å². The molecule has 0 saturated heterocycles. The van der Waals surface area contributed by atoms with E-state index in [4.69, 9.17) is 14.9 Å². The topological polar surface area (TPSA) is 94.1 Å². The van der Waals surface area contributed by atoms with Crippen molar-refractivity contribution < 1.29 is 9.15 Å². The average Bonchev–Trinajstić information content (AvgIpc) is 2.96. The van der Waals surface area contributed by atoms with Gasteiger partial charge in [-0.25, -0.2) is 9.89 Å². The van der Waals surface area contributed by atoms with Crippen LogP contribution in [0.15, 0.2) is 31.9 Å². The first-order chi connectivity index (χ1) is 11.0. The van der Waals surface area contributed by atoms with Crippen molar-refractivity contribution in [1.82, 2.24) is 10.2 Å². The molecule has 1 heterocycles. The van der Waals surface area contributed by atoms with Crippen molar-refractivity contribution in [2.45, 2.75) is 44.8 Å². The Bertz CT molecular complexity index is 725. The number of rotatable bonds is 4. The summed E-state index contributed by atoms with van der Waals surface area (Å²) in [6.07, 6.45) is 4.39. The standard InChI is InChI=1S/C16H20BrN3O3.ClH/c1-9(10-2-5-12(18)6-3-10)22-14-8-11(4-7-13(14)17)15-19-20-16(21)23-15;/h4,7-10,12H,2-3,5-6,18H2,1H3,(H,20,21);1H. The second kappa shape index (κ2) is 8.18. The Morgan fingerprint density at radius 1 is 1.38 bits per heavy atom. The SMILES string of the molecule is CC(Oc1cc(-c2n[nH]c(=O)o2)ccc1Br)C1CCC(N)CC1.Cl. The third-order valence-electron chi connectivity index (χ3n) is 4.41. The Balaban J connectivity index is 0.00000208. The molecular weight excluding hydrogens is 398 g/mol. The lowest BCUT2D eigenvalue weighted by Gasteiger charge is -2.31. The third kappa shape index (κ3) is 4.40. The molecule has 1 aliphatic rings. The van der Waals surface area contributed by atoms with Gasteiger partial charge in [-0.05, 0) is 72.7 Å². The summed E-state index contributed by atoms with van der Waals surface area (Å²) in [5, 5.41) is 6.11. The molecule has 24 heavy (non-hydrogen) atoms. The summed E-state index contributed by atoms with van der Waals surface area (Å²) in [7, 11) is 0. The van der Waals surface area contributed by atoms with E-state index in [-0.39, 0.29) is 24.4 Å².